The van der Waals surface area contributed by atoms with Crippen molar-refractivity contribution in [1.29, 1.82) is 0 Å². The summed E-state index contributed by atoms with van der Waals surface area (Å²) in [4.78, 5) is 11.8. The first kappa shape index (κ1) is 13.1. The molecule has 1 aromatic rings. The first-order valence-electron chi connectivity index (χ1n) is 5.96. The highest BCUT2D eigenvalue weighted by Crippen LogP contribution is 2.31. The first-order valence-corrected chi connectivity index (χ1v) is 7.12. The second-order valence-corrected chi connectivity index (χ2v) is 5.64. The Bertz CT molecular complexity index is 431. The molecule has 1 heterocycles. The summed E-state index contributed by atoms with van der Waals surface area (Å²) >= 11 is 1.86. The molecule has 0 aliphatic carbocycles. The minimum atomic E-state index is -0.613. The van der Waals surface area contributed by atoms with E-state index in [-0.39, 0.29) is 5.91 Å². The van der Waals surface area contributed by atoms with Crippen molar-refractivity contribution in [3.05, 3.63) is 24.3 Å². The largest absolute Gasteiger partial charge is 0.497 e. The maximum absolute atomic E-state index is 11.8. The van der Waals surface area contributed by atoms with Gasteiger partial charge in [-0.3, -0.25) is 4.79 Å². The number of carbonyl (C=O) groups excluding carboxylic acids is 1. The number of methoxy groups -OCH3 is 1. The molecular formula is C13H18N2O2S. The molecule has 0 saturated carbocycles. The van der Waals surface area contributed by atoms with Crippen LogP contribution < -0.4 is 15.8 Å². The molecule has 1 saturated heterocycles. The van der Waals surface area contributed by atoms with E-state index < -0.39 is 5.54 Å². The average molecular weight is 266 g/mol. The number of anilines is 1. The highest BCUT2D eigenvalue weighted by Gasteiger charge is 2.38. The Morgan fingerprint density at radius 2 is 2.17 bits per heavy atom. The average Bonchev–Trinajstić information content (AvgIpc) is 2.40. The van der Waals surface area contributed by atoms with Crippen molar-refractivity contribution in [2.45, 2.75) is 18.4 Å². The number of nitrogens with one attached hydrogen (secondary N) is 1. The highest BCUT2D eigenvalue weighted by molar-refractivity contribution is 7.99. The van der Waals surface area contributed by atoms with Crippen LogP contribution in [0.1, 0.15) is 12.8 Å². The number of rotatable bonds is 4. The van der Waals surface area contributed by atoms with Gasteiger partial charge in [-0.15, -0.1) is 0 Å². The fourth-order valence-corrected chi connectivity index (χ4v) is 3.32. The van der Waals surface area contributed by atoms with Crippen LogP contribution >= 0.6 is 11.8 Å². The summed E-state index contributed by atoms with van der Waals surface area (Å²) in [6.07, 6.45) is 1.54. The van der Waals surface area contributed by atoms with Crippen LogP contribution in [0, 0.1) is 0 Å². The second-order valence-electron chi connectivity index (χ2n) is 4.42. The Hall–Kier alpha value is -1.36. The predicted molar refractivity (Wildman–Crippen MR) is 75.1 cm³/mol. The fourth-order valence-electron chi connectivity index (χ4n) is 2.13. The molecule has 2 rings (SSSR count). The molecule has 1 aromatic carbocycles. The maximum Gasteiger partial charge on any atom is 0.243 e. The molecule has 4 nitrogen and oxygen atoms in total. The van der Waals surface area contributed by atoms with Gasteiger partial charge in [0.1, 0.15) is 11.3 Å². The van der Waals surface area contributed by atoms with Crippen LogP contribution in [0.3, 0.4) is 0 Å². The van der Waals surface area contributed by atoms with Crippen molar-refractivity contribution in [2.24, 2.45) is 5.73 Å². The Morgan fingerprint density at radius 3 is 2.78 bits per heavy atom. The van der Waals surface area contributed by atoms with Gasteiger partial charge in [-0.2, -0.15) is 11.8 Å². The van der Waals surface area contributed by atoms with Crippen molar-refractivity contribution >= 4 is 23.4 Å². The minimum Gasteiger partial charge on any atom is -0.497 e. The maximum atomic E-state index is 11.8. The number of nitrogens with two attached hydrogens (primary N) is 1. The SMILES string of the molecule is COc1cccc(NC2(C(N)=O)CCSCC2)c1. The van der Waals surface area contributed by atoms with E-state index in [4.69, 9.17) is 10.5 Å². The lowest BCUT2D eigenvalue weighted by Gasteiger charge is -2.35. The number of thioether (sulfide) groups is 1. The molecule has 1 aliphatic heterocycles. The van der Waals surface area contributed by atoms with E-state index in [9.17, 15) is 4.79 Å². The zero-order chi connectivity index (χ0) is 13.0. The molecule has 1 amide bonds. The summed E-state index contributed by atoms with van der Waals surface area (Å²) in [6, 6.07) is 7.58. The lowest BCUT2D eigenvalue weighted by atomic mass is 9.91. The monoisotopic (exact) mass is 266 g/mol. The zero-order valence-electron chi connectivity index (χ0n) is 10.4. The smallest absolute Gasteiger partial charge is 0.243 e. The minimum absolute atomic E-state index is 0.273. The van der Waals surface area contributed by atoms with Crippen LogP contribution in [0.15, 0.2) is 24.3 Å². The third kappa shape index (κ3) is 2.72. The van der Waals surface area contributed by atoms with Crippen LogP contribution in [0.2, 0.25) is 0 Å². The van der Waals surface area contributed by atoms with Crippen LogP contribution in [-0.2, 0) is 4.79 Å². The molecule has 0 atom stereocenters. The van der Waals surface area contributed by atoms with Gasteiger partial charge < -0.3 is 15.8 Å². The Kier molecular flexibility index (Phi) is 4.01. The fraction of sp³-hybridized carbons (Fsp3) is 0.462. The summed E-state index contributed by atoms with van der Waals surface area (Å²) in [5.41, 5.74) is 5.84. The van der Waals surface area contributed by atoms with Crippen LogP contribution in [0.25, 0.3) is 0 Å². The summed E-state index contributed by atoms with van der Waals surface area (Å²) in [6.45, 7) is 0. The van der Waals surface area contributed by atoms with Gasteiger partial charge in [-0.1, -0.05) is 6.07 Å². The van der Waals surface area contributed by atoms with Crippen molar-refractivity contribution in [1.82, 2.24) is 0 Å². The molecule has 1 fully saturated rings. The van der Waals surface area contributed by atoms with Gasteiger partial charge in [0.15, 0.2) is 0 Å². The van der Waals surface area contributed by atoms with Crippen molar-refractivity contribution in [3.8, 4) is 5.75 Å². The van der Waals surface area contributed by atoms with Gasteiger partial charge >= 0.3 is 0 Å². The van der Waals surface area contributed by atoms with Crippen LogP contribution in [0.5, 0.6) is 5.75 Å². The molecule has 5 heteroatoms. The lowest BCUT2D eigenvalue weighted by Crippen LogP contribution is -2.52. The van der Waals surface area contributed by atoms with Crippen molar-refractivity contribution in [2.75, 3.05) is 23.9 Å². The predicted octanol–water partition coefficient (Wildman–Crippen LogP) is 1.86. The second kappa shape index (κ2) is 5.52. The van der Waals surface area contributed by atoms with Gasteiger partial charge in [0.05, 0.1) is 7.11 Å². The number of ether oxygens (including phenoxy) is 1. The standard InChI is InChI=1S/C13H18N2O2S/c1-17-11-4-2-3-10(9-11)15-13(12(14)16)5-7-18-8-6-13/h2-4,9,15H,5-8H2,1H3,(H2,14,16). The summed E-state index contributed by atoms with van der Waals surface area (Å²) in [5.74, 6) is 2.41. The van der Waals surface area contributed by atoms with Crippen molar-refractivity contribution < 1.29 is 9.53 Å². The lowest BCUT2D eigenvalue weighted by molar-refractivity contribution is -0.122. The van der Waals surface area contributed by atoms with E-state index in [2.05, 4.69) is 5.32 Å². The van der Waals surface area contributed by atoms with E-state index in [0.717, 1.165) is 35.8 Å². The Balaban J connectivity index is 2.20. The summed E-state index contributed by atoms with van der Waals surface area (Å²) < 4.78 is 5.18. The first-order chi connectivity index (χ1) is 8.66. The van der Waals surface area contributed by atoms with Gasteiger partial charge in [-0.25, -0.2) is 0 Å². The van der Waals surface area contributed by atoms with Crippen molar-refractivity contribution in [3.63, 3.8) is 0 Å². The Labute approximate surface area is 111 Å². The molecule has 0 unspecified atom stereocenters. The van der Waals surface area contributed by atoms with E-state index in [1.54, 1.807) is 7.11 Å². The molecular weight excluding hydrogens is 248 g/mol. The van der Waals surface area contributed by atoms with Gasteiger partial charge in [0.2, 0.25) is 5.91 Å². The third-order valence-electron chi connectivity index (χ3n) is 3.27. The molecule has 1 aliphatic rings. The van der Waals surface area contributed by atoms with Gasteiger partial charge in [0, 0.05) is 11.8 Å². The zero-order valence-corrected chi connectivity index (χ0v) is 11.3. The summed E-state index contributed by atoms with van der Waals surface area (Å²) in [7, 11) is 1.63. The molecule has 3 N–H and O–H groups in total. The van der Waals surface area contributed by atoms with Gasteiger partial charge in [-0.05, 0) is 36.5 Å². The molecule has 0 radical (unpaired) electrons. The third-order valence-corrected chi connectivity index (χ3v) is 4.26. The molecule has 0 bridgehead atoms. The van der Waals surface area contributed by atoms with E-state index in [0.29, 0.717) is 0 Å². The number of primary amides is 1. The number of amides is 1. The molecule has 18 heavy (non-hydrogen) atoms. The molecule has 0 aromatic heterocycles. The van der Waals surface area contributed by atoms with E-state index in [1.165, 1.54) is 0 Å². The highest BCUT2D eigenvalue weighted by atomic mass is 32.2. The normalized spacial score (nSPS) is 18.1. The molecule has 98 valence electrons. The number of hydrogen-bond donors (Lipinski definition) is 2. The Morgan fingerprint density at radius 1 is 1.44 bits per heavy atom. The van der Waals surface area contributed by atoms with Crippen LogP contribution in [-0.4, -0.2) is 30.1 Å². The number of carbonyl (C=O) groups is 1. The number of hydrogen-bond acceptors (Lipinski definition) is 4. The topological polar surface area (TPSA) is 64.3 Å². The van der Waals surface area contributed by atoms with E-state index in [1.807, 2.05) is 36.0 Å². The van der Waals surface area contributed by atoms with Crippen LogP contribution in [0.4, 0.5) is 5.69 Å². The number of benzene rings is 1. The molecule has 0 spiro atoms. The summed E-state index contributed by atoms with van der Waals surface area (Å²) in [5, 5.41) is 3.30. The van der Waals surface area contributed by atoms with Gasteiger partial charge in [0.25, 0.3) is 0 Å². The van der Waals surface area contributed by atoms with E-state index >= 15 is 0 Å². The quantitative estimate of drug-likeness (QED) is 0.873.